The summed E-state index contributed by atoms with van der Waals surface area (Å²) in [6.45, 7) is 5.97. The molecule has 0 aliphatic heterocycles. The second-order valence-electron chi connectivity index (χ2n) is 2.54. The zero-order valence-electron chi connectivity index (χ0n) is 7.02. The fourth-order valence-corrected chi connectivity index (χ4v) is 1.05. The molecule has 1 aromatic rings. The van der Waals surface area contributed by atoms with E-state index in [4.69, 9.17) is 0 Å². The summed E-state index contributed by atoms with van der Waals surface area (Å²) in [6, 6.07) is 8.19. The van der Waals surface area contributed by atoms with Crippen LogP contribution in [0.2, 0.25) is 0 Å². The number of benzene rings is 1. The summed E-state index contributed by atoms with van der Waals surface area (Å²) in [5, 5.41) is 3.03. The maximum absolute atomic E-state index is 3.89. The number of rotatable bonds is 2. The second-order valence-corrected chi connectivity index (χ2v) is 2.54. The zero-order chi connectivity index (χ0) is 8.27. The second kappa shape index (κ2) is 3.24. The van der Waals surface area contributed by atoms with E-state index in [2.05, 4.69) is 31.0 Å². The highest BCUT2D eigenvalue weighted by molar-refractivity contribution is 5.64. The minimum Gasteiger partial charge on any atom is -0.388 e. The van der Waals surface area contributed by atoms with Crippen LogP contribution in [0.5, 0.6) is 0 Å². The predicted molar refractivity (Wildman–Crippen MR) is 49.3 cm³/mol. The molecule has 0 fully saturated rings. The van der Waals surface area contributed by atoms with Crippen molar-refractivity contribution in [1.82, 2.24) is 5.32 Å². The lowest BCUT2D eigenvalue weighted by Crippen LogP contribution is -2.03. The molecule has 0 spiro atoms. The highest BCUT2D eigenvalue weighted by Gasteiger charge is 1.97. The third-order valence-electron chi connectivity index (χ3n) is 1.77. The van der Waals surface area contributed by atoms with Crippen LogP contribution in [0.3, 0.4) is 0 Å². The molecular weight excluding hydrogens is 134 g/mol. The first-order valence-electron chi connectivity index (χ1n) is 3.68. The average molecular weight is 147 g/mol. The van der Waals surface area contributed by atoms with Gasteiger partial charge in [-0.2, -0.15) is 0 Å². The fourth-order valence-electron chi connectivity index (χ4n) is 1.05. The van der Waals surface area contributed by atoms with Crippen LogP contribution < -0.4 is 5.32 Å². The Labute approximate surface area is 67.8 Å². The van der Waals surface area contributed by atoms with Crippen molar-refractivity contribution < 1.29 is 0 Å². The number of aryl methyl sites for hydroxylation is 1. The molecule has 0 aromatic heterocycles. The van der Waals surface area contributed by atoms with Crippen LogP contribution >= 0.6 is 0 Å². The van der Waals surface area contributed by atoms with Crippen molar-refractivity contribution in [1.29, 1.82) is 0 Å². The molecule has 0 aliphatic carbocycles. The maximum atomic E-state index is 3.89. The van der Waals surface area contributed by atoms with Crippen molar-refractivity contribution in [2.45, 2.75) is 6.92 Å². The first kappa shape index (κ1) is 7.86. The first-order valence-corrected chi connectivity index (χ1v) is 3.68. The lowest BCUT2D eigenvalue weighted by molar-refractivity contribution is 1.12. The molecule has 1 heteroatoms. The summed E-state index contributed by atoms with van der Waals surface area (Å²) in [5.41, 5.74) is 3.42. The lowest BCUT2D eigenvalue weighted by Gasteiger charge is -2.07. The van der Waals surface area contributed by atoms with Crippen LogP contribution in [0, 0.1) is 6.92 Å². The van der Waals surface area contributed by atoms with Crippen molar-refractivity contribution in [3.63, 3.8) is 0 Å². The van der Waals surface area contributed by atoms with E-state index in [0.29, 0.717) is 0 Å². The van der Waals surface area contributed by atoms with Crippen molar-refractivity contribution in [3.8, 4) is 0 Å². The van der Waals surface area contributed by atoms with Gasteiger partial charge in [0.25, 0.3) is 0 Å². The van der Waals surface area contributed by atoms with Gasteiger partial charge in [0.05, 0.1) is 0 Å². The van der Waals surface area contributed by atoms with E-state index in [9.17, 15) is 0 Å². The van der Waals surface area contributed by atoms with Crippen molar-refractivity contribution in [2.24, 2.45) is 0 Å². The van der Waals surface area contributed by atoms with E-state index in [0.717, 1.165) is 5.70 Å². The van der Waals surface area contributed by atoms with E-state index in [1.54, 1.807) is 0 Å². The zero-order valence-corrected chi connectivity index (χ0v) is 7.02. The van der Waals surface area contributed by atoms with Gasteiger partial charge >= 0.3 is 0 Å². The van der Waals surface area contributed by atoms with E-state index in [-0.39, 0.29) is 0 Å². The Morgan fingerprint density at radius 2 is 2.00 bits per heavy atom. The molecule has 1 nitrogen and oxygen atoms in total. The van der Waals surface area contributed by atoms with Gasteiger partial charge in [-0.15, -0.1) is 0 Å². The fraction of sp³-hybridized carbons (Fsp3) is 0.200. The molecule has 1 N–H and O–H groups in total. The molecule has 11 heavy (non-hydrogen) atoms. The predicted octanol–water partition coefficient (Wildman–Crippen LogP) is 2.19. The third-order valence-corrected chi connectivity index (χ3v) is 1.77. The van der Waals surface area contributed by atoms with Crippen molar-refractivity contribution in [3.05, 3.63) is 42.0 Å². The van der Waals surface area contributed by atoms with Gasteiger partial charge in [-0.05, 0) is 18.1 Å². The van der Waals surface area contributed by atoms with Crippen molar-refractivity contribution in [2.75, 3.05) is 7.05 Å². The Morgan fingerprint density at radius 3 is 2.55 bits per heavy atom. The van der Waals surface area contributed by atoms with Gasteiger partial charge in [0, 0.05) is 12.7 Å². The quantitative estimate of drug-likeness (QED) is 0.676. The Hall–Kier alpha value is -1.24. The Bertz CT molecular complexity index is 263. The molecule has 0 unspecified atom stereocenters. The molecule has 0 amide bonds. The molecular formula is C10H13N. The third kappa shape index (κ3) is 1.61. The van der Waals surface area contributed by atoms with Gasteiger partial charge in [-0.1, -0.05) is 30.8 Å². The van der Waals surface area contributed by atoms with Crippen LogP contribution in [0.1, 0.15) is 11.1 Å². The molecule has 0 bridgehead atoms. The minimum atomic E-state index is 0.975. The largest absolute Gasteiger partial charge is 0.388 e. The summed E-state index contributed by atoms with van der Waals surface area (Å²) in [7, 11) is 1.88. The molecule has 0 radical (unpaired) electrons. The Balaban J connectivity index is 3.03. The normalized spacial score (nSPS) is 9.27. The van der Waals surface area contributed by atoms with Crippen LogP contribution in [-0.4, -0.2) is 7.05 Å². The molecule has 0 saturated carbocycles. The van der Waals surface area contributed by atoms with Crippen molar-refractivity contribution >= 4 is 5.70 Å². The van der Waals surface area contributed by atoms with E-state index in [1.165, 1.54) is 11.1 Å². The van der Waals surface area contributed by atoms with Gasteiger partial charge in [-0.25, -0.2) is 0 Å². The van der Waals surface area contributed by atoms with Gasteiger partial charge in [0.2, 0.25) is 0 Å². The number of nitrogens with one attached hydrogen (secondary N) is 1. The molecule has 1 rings (SSSR count). The Morgan fingerprint density at radius 1 is 1.36 bits per heavy atom. The average Bonchev–Trinajstić information content (AvgIpc) is 2.04. The summed E-state index contributed by atoms with van der Waals surface area (Å²) in [6.07, 6.45) is 0. The highest BCUT2D eigenvalue weighted by atomic mass is 14.8. The summed E-state index contributed by atoms with van der Waals surface area (Å²) in [4.78, 5) is 0. The van der Waals surface area contributed by atoms with Crippen LogP contribution in [0.4, 0.5) is 0 Å². The van der Waals surface area contributed by atoms with E-state index >= 15 is 0 Å². The first-order chi connectivity index (χ1) is 5.25. The van der Waals surface area contributed by atoms with E-state index in [1.807, 2.05) is 19.2 Å². The van der Waals surface area contributed by atoms with E-state index < -0.39 is 0 Å². The SMILES string of the molecule is C=C(NC)c1ccccc1C. The maximum Gasteiger partial charge on any atom is 0.0340 e. The molecule has 1 aromatic carbocycles. The standard InChI is InChI=1S/C10H13N/c1-8-6-4-5-7-10(8)9(2)11-3/h4-7,11H,2H2,1,3H3. The topological polar surface area (TPSA) is 12.0 Å². The van der Waals surface area contributed by atoms with Crippen LogP contribution in [-0.2, 0) is 0 Å². The van der Waals surface area contributed by atoms with Crippen LogP contribution in [0.15, 0.2) is 30.8 Å². The summed E-state index contributed by atoms with van der Waals surface area (Å²) in [5.74, 6) is 0. The van der Waals surface area contributed by atoms with Crippen LogP contribution in [0.25, 0.3) is 5.70 Å². The monoisotopic (exact) mass is 147 g/mol. The number of hydrogen-bond acceptors (Lipinski definition) is 1. The summed E-state index contributed by atoms with van der Waals surface area (Å²) < 4.78 is 0. The highest BCUT2D eigenvalue weighted by Crippen LogP contribution is 2.13. The van der Waals surface area contributed by atoms with Gasteiger partial charge < -0.3 is 5.32 Å². The molecule has 0 saturated heterocycles. The molecule has 0 atom stereocenters. The van der Waals surface area contributed by atoms with Gasteiger partial charge in [-0.3, -0.25) is 0 Å². The summed E-state index contributed by atoms with van der Waals surface area (Å²) >= 11 is 0. The lowest BCUT2D eigenvalue weighted by atomic mass is 10.1. The molecule has 0 heterocycles. The van der Waals surface area contributed by atoms with Gasteiger partial charge in [0.15, 0.2) is 0 Å². The molecule has 0 aliphatic rings. The Kier molecular flexibility index (Phi) is 2.32. The number of hydrogen-bond donors (Lipinski definition) is 1. The minimum absolute atomic E-state index is 0.975. The molecule has 58 valence electrons. The van der Waals surface area contributed by atoms with Gasteiger partial charge in [0.1, 0.15) is 0 Å². The smallest absolute Gasteiger partial charge is 0.0340 e.